The maximum absolute atomic E-state index is 14.6. The van der Waals surface area contributed by atoms with Gasteiger partial charge in [-0.3, -0.25) is 4.79 Å². The zero-order valence-corrected chi connectivity index (χ0v) is 19.4. The normalized spacial score (nSPS) is 13.6. The van der Waals surface area contributed by atoms with Gasteiger partial charge in [-0.1, -0.05) is 12.1 Å². The molecule has 1 fully saturated rings. The van der Waals surface area contributed by atoms with Crippen molar-refractivity contribution in [3.63, 3.8) is 0 Å². The minimum Gasteiger partial charge on any atom is -0.388 e. The Kier molecular flexibility index (Phi) is 7.03. The lowest BCUT2D eigenvalue weighted by Crippen LogP contribution is -2.31. The number of aromatic nitrogens is 1. The first kappa shape index (κ1) is 23.9. The Morgan fingerprint density at radius 2 is 2.03 bits per heavy atom. The van der Waals surface area contributed by atoms with Crippen molar-refractivity contribution in [2.75, 3.05) is 43.4 Å². The molecule has 1 amide bonds. The van der Waals surface area contributed by atoms with E-state index in [1.165, 1.54) is 18.3 Å². The van der Waals surface area contributed by atoms with E-state index in [-0.39, 0.29) is 11.1 Å². The molecule has 1 saturated heterocycles. The van der Waals surface area contributed by atoms with Crippen LogP contribution in [-0.4, -0.2) is 50.3 Å². The van der Waals surface area contributed by atoms with Gasteiger partial charge in [0, 0.05) is 55.3 Å². The number of rotatable bonds is 6. The third-order valence-electron chi connectivity index (χ3n) is 6.06. The Balaban J connectivity index is 1.99. The van der Waals surface area contributed by atoms with E-state index in [4.69, 9.17) is 21.4 Å². The van der Waals surface area contributed by atoms with Gasteiger partial charge < -0.3 is 26.7 Å². The van der Waals surface area contributed by atoms with Crippen molar-refractivity contribution in [1.82, 2.24) is 10.3 Å². The number of benzene rings is 2. The van der Waals surface area contributed by atoms with Crippen molar-refractivity contribution in [3.05, 3.63) is 65.0 Å². The number of nitrogens with zero attached hydrogens (tertiary/aromatic N) is 3. The molecule has 1 aliphatic heterocycles. The number of anilines is 2. The molecule has 5 N–H and O–H groups in total. The van der Waals surface area contributed by atoms with Gasteiger partial charge >= 0.3 is 0 Å². The van der Waals surface area contributed by atoms with Crippen molar-refractivity contribution < 1.29 is 9.18 Å². The lowest BCUT2D eigenvalue weighted by atomic mass is 9.95. The number of nitriles is 1. The van der Waals surface area contributed by atoms with Crippen molar-refractivity contribution in [2.24, 2.45) is 5.73 Å². The van der Waals surface area contributed by atoms with Gasteiger partial charge in [-0.15, -0.1) is 0 Å². The summed E-state index contributed by atoms with van der Waals surface area (Å²) in [6.45, 7) is 2.92. The largest absolute Gasteiger partial charge is 0.388 e. The summed E-state index contributed by atoms with van der Waals surface area (Å²) in [4.78, 5) is 19.4. The number of primary amides is 1. The van der Waals surface area contributed by atoms with E-state index in [1.807, 2.05) is 23.1 Å². The molecule has 35 heavy (non-hydrogen) atoms. The van der Waals surface area contributed by atoms with Gasteiger partial charge in [-0.25, -0.2) is 9.37 Å². The van der Waals surface area contributed by atoms with Crippen LogP contribution in [0.2, 0.25) is 0 Å². The molecule has 0 aliphatic carbocycles. The second kappa shape index (κ2) is 10.3. The predicted molar refractivity (Wildman–Crippen MR) is 135 cm³/mol. The number of halogens is 1. The topological polar surface area (TPSA) is 131 Å². The first-order valence-electron chi connectivity index (χ1n) is 11.3. The van der Waals surface area contributed by atoms with Gasteiger partial charge in [0.2, 0.25) is 0 Å². The first-order chi connectivity index (χ1) is 17.0. The maximum Gasteiger partial charge on any atom is 0.252 e. The molecule has 3 aromatic rings. The van der Waals surface area contributed by atoms with E-state index in [9.17, 15) is 9.18 Å². The Morgan fingerprint density at radius 3 is 2.71 bits per heavy atom. The maximum atomic E-state index is 14.6. The van der Waals surface area contributed by atoms with Crippen LogP contribution >= 0.6 is 0 Å². The van der Waals surface area contributed by atoms with Crippen molar-refractivity contribution in [3.8, 4) is 28.5 Å². The Morgan fingerprint density at radius 1 is 1.23 bits per heavy atom. The van der Waals surface area contributed by atoms with Crippen LogP contribution in [0.5, 0.6) is 0 Å². The lowest BCUT2D eigenvalue weighted by molar-refractivity contribution is 0.100. The van der Waals surface area contributed by atoms with Crippen LogP contribution in [0.15, 0.2) is 42.5 Å². The van der Waals surface area contributed by atoms with Gasteiger partial charge in [0.05, 0.1) is 16.8 Å². The standard InChI is InChI=1S/C26H26FN7O/c1-31-23-6-5-16(11-19(23)15-29)20-13-21(25(30)35)26(34-9-2-7-32-8-10-34)33-24(20)17-3-4-18(14-28)22(27)12-17/h3-6,11-13,15,29,31-32H,2,7-10H2,1H3,(H2,30,35). The summed E-state index contributed by atoms with van der Waals surface area (Å²) >= 11 is 0. The molecule has 2 heterocycles. The summed E-state index contributed by atoms with van der Waals surface area (Å²) in [5, 5.41) is 23.3. The monoisotopic (exact) mass is 471 g/mol. The van der Waals surface area contributed by atoms with Crippen LogP contribution < -0.4 is 21.3 Å². The fourth-order valence-electron chi connectivity index (χ4n) is 4.25. The lowest BCUT2D eigenvalue weighted by Gasteiger charge is -2.25. The second-order valence-corrected chi connectivity index (χ2v) is 8.21. The molecule has 1 aromatic heterocycles. The molecule has 8 nitrogen and oxygen atoms in total. The number of carbonyl (C=O) groups excluding carboxylic acids is 1. The van der Waals surface area contributed by atoms with E-state index in [1.54, 1.807) is 25.2 Å². The number of nitrogens with one attached hydrogen (secondary N) is 3. The summed E-state index contributed by atoms with van der Waals surface area (Å²) in [6.07, 6.45) is 2.11. The number of amides is 1. The quantitative estimate of drug-likeness (QED) is 0.408. The van der Waals surface area contributed by atoms with Crippen molar-refractivity contribution in [2.45, 2.75) is 6.42 Å². The number of carbonyl (C=O) groups is 1. The van der Waals surface area contributed by atoms with Crippen LogP contribution in [0.3, 0.4) is 0 Å². The molecule has 0 unspecified atom stereocenters. The summed E-state index contributed by atoms with van der Waals surface area (Å²) < 4.78 is 14.6. The van der Waals surface area contributed by atoms with Crippen molar-refractivity contribution in [1.29, 1.82) is 10.7 Å². The molecular formula is C26H26FN7O. The van der Waals surface area contributed by atoms with E-state index in [0.29, 0.717) is 46.9 Å². The first-order valence-corrected chi connectivity index (χ1v) is 11.3. The van der Waals surface area contributed by atoms with Gasteiger partial charge in [-0.05, 0) is 48.9 Å². The Labute approximate surface area is 203 Å². The molecular weight excluding hydrogens is 445 g/mol. The Hall–Kier alpha value is -4.29. The zero-order chi connectivity index (χ0) is 24.9. The van der Waals surface area contributed by atoms with Gasteiger partial charge in [0.1, 0.15) is 17.7 Å². The number of hydrogen-bond donors (Lipinski definition) is 4. The molecule has 0 saturated carbocycles. The highest BCUT2D eigenvalue weighted by Crippen LogP contribution is 2.37. The average molecular weight is 472 g/mol. The van der Waals surface area contributed by atoms with Gasteiger partial charge in [0.15, 0.2) is 0 Å². The highest BCUT2D eigenvalue weighted by atomic mass is 19.1. The average Bonchev–Trinajstić information content (AvgIpc) is 3.17. The van der Waals surface area contributed by atoms with Crippen molar-refractivity contribution >= 4 is 23.6 Å². The summed E-state index contributed by atoms with van der Waals surface area (Å²) in [7, 11) is 1.77. The van der Waals surface area contributed by atoms with E-state index in [0.717, 1.165) is 25.2 Å². The highest BCUT2D eigenvalue weighted by Gasteiger charge is 2.23. The summed E-state index contributed by atoms with van der Waals surface area (Å²) in [5.74, 6) is -0.811. The number of hydrogen-bond acceptors (Lipinski definition) is 7. The van der Waals surface area contributed by atoms with E-state index in [2.05, 4.69) is 10.6 Å². The van der Waals surface area contributed by atoms with E-state index >= 15 is 0 Å². The minimum absolute atomic E-state index is 0.0627. The molecule has 0 bridgehead atoms. The van der Waals surface area contributed by atoms with Crippen LogP contribution in [0, 0.1) is 22.6 Å². The molecule has 4 rings (SSSR count). The molecule has 0 radical (unpaired) electrons. The molecule has 2 aromatic carbocycles. The van der Waals surface area contributed by atoms with Crippen LogP contribution in [0.4, 0.5) is 15.9 Å². The van der Waals surface area contributed by atoms with E-state index < -0.39 is 11.7 Å². The summed E-state index contributed by atoms with van der Waals surface area (Å²) in [5.41, 5.74) is 9.62. The SMILES string of the molecule is CNc1ccc(-c2cc(C(N)=O)c(N3CCCNCC3)nc2-c2ccc(C#N)c(F)c2)cc1C=N. The van der Waals surface area contributed by atoms with Gasteiger partial charge in [0.25, 0.3) is 5.91 Å². The van der Waals surface area contributed by atoms with Crippen LogP contribution in [0.25, 0.3) is 22.4 Å². The second-order valence-electron chi connectivity index (χ2n) is 8.21. The predicted octanol–water partition coefficient (Wildman–Crippen LogP) is 3.36. The zero-order valence-electron chi connectivity index (χ0n) is 19.4. The Bertz CT molecular complexity index is 1320. The third-order valence-corrected chi connectivity index (χ3v) is 6.06. The smallest absolute Gasteiger partial charge is 0.252 e. The molecule has 1 aliphatic rings. The fraction of sp³-hybridized carbons (Fsp3) is 0.231. The molecule has 0 atom stereocenters. The molecule has 9 heteroatoms. The van der Waals surface area contributed by atoms with Gasteiger partial charge in [-0.2, -0.15) is 5.26 Å². The third kappa shape index (κ3) is 4.83. The minimum atomic E-state index is -0.650. The van der Waals surface area contributed by atoms with Crippen LogP contribution in [0.1, 0.15) is 27.9 Å². The number of nitrogens with two attached hydrogens (primary N) is 1. The number of pyridine rings is 1. The molecule has 0 spiro atoms. The summed E-state index contributed by atoms with van der Waals surface area (Å²) in [6, 6.07) is 13.4. The van der Waals surface area contributed by atoms with Crippen LogP contribution in [-0.2, 0) is 0 Å². The fourth-order valence-corrected chi connectivity index (χ4v) is 4.25. The highest BCUT2D eigenvalue weighted by molar-refractivity contribution is 6.01. The molecule has 178 valence electrons.